The van der Waals surface area contributed by atoms with Crippen LogP contribution in [0.25, 0.3) is 0 Å². The van der Waals surface area contributed by atoms with Gasteiger partial charge >= 0.3 is 0 Å². The lowest BCUT2D eigenvalue weighted by molar-refractivity contribution is -0.117. The summed E-state index contributed by atoms with van der Waals surface area (Å²) < 4.78 is 0. The third-order valence-electron chi connectivity index (χ3n) is 4.27. The topological polar surface area (TPSA) is 52.9 Å². The smallest absolute Gasteiger partial charge is 0.228 e. The quantitative estimate of drug-likeness (QED) is 0.918. The number of carbonyl (C=O) groups excluding carboxylic acids is 1. The number of nitrogens with one attached hydrogen (secondary N) is 1. The van der Waals surface area contributed by atoms with Crippen molar-refractivity contribution in [2.75, 3.05) is 5.32 Å². The van der Waals surface area contributed by atoms with E-state index in [1.54, 1.807) is 0 Å². The maximum atomic E-state index is 12.4. The van der Waals surface area contributed by atoms with E-state index in [1.165, 1.54) is 16.9 Å². The summed E-state index contributed by atoms with van der Waals surface area (Å²) >= 11 is 1.51. The highest BCUT2D eigenvalue weighted by molar-refractivity contribution is 7.16. The summed E-state index contributed by atoms with van der Waals surface area (Å²) in [6.07, 6.45) is 1.71. The normalized spacial score (nSPS) is 19.5. The van der Waals surface area contributed by atoms with Crippen LogP contribution in [0.15, 0.2) is 30.3 Å². The van der Waals surface area contributed by atoms with E-state index in [2.05, 4.69) is 23.5 Å². The molecule has 0 saturated heterocycles. The molecule has 1 N–H and O–H groups in total. The Hall–Kier alpha value is -2.12. The number of nitrogens with zero attached hydrogens (tertiary/aromatic N) is 1. The summed E-state index contributed by atoms with van der Waals surface area (Å²) in [6, 6.07) is 12.4. The number of rotatable bonds is 4. The molecule has 1 amide bonds. The van der Waals surface area contributed by atoms with Gasteiger partial charge in [-0.25, -0.2) is 0 Å². The van der Waals surface area contributed by atoms with Crippen molar-refractivity contribution in [2.45, 2.75) is 32.6 Å². The Morgan fingerprint density at radius 1 is 1.41 bits per heavy atom. The highest BCUT2D eigenvalue weighted by Crippen LogP contribution is 2.48. The molecule has 1 aromatic heterocycles. The van der Waals surface area contributed by atoms with Crippen LogP contribution in [0.1, 0.15) is 40.8 Å². The summed E-state index contributed by atoms with van der Waals surface area (Å²) in [6.45, 7) is 4.04. The molecule has 0 spiro atoms. The van der Waals surface area contributed by atoms with Gasteiger partial charge < -0.3 is 5.32 Å². The van der Waals surface area contributed by atoms with Crippen LogP contribution < -0.4 is 5.32 Å². The summed E-state index contributed by atoms with van der Waals surface area (Å²) in [5, 5.41) is 13.0. The molecule has 2 aromatic rings. The zero-order chi connectivity index (χ0) is 15.7. The van der Waals surface area contributed by atoms with Crippen LogP contribution in [0, 0.1) is 24.2 Å². The van der Waals surface area contributed by atoms with Crippen molar-refractivity contribution >= 4 is 22.2 Å². The van der Waals surface area contributed by atoms with Gasteiger partial charge in [0.25, 0.3) is 0 Å². The first-order valence-corrected chi connectivity index (χ1v) is 8.35. The minimum atomic E-state index is 0.0291. The molecule has 3 nitrogen and oxygen atoms in total. The fourth-order valence-corrected chi connectivity index (χ4v) is 4.07. The summed E-state index contributed by atoms with van der Waals surface area (Å²) in [5.41, 5.74) is 2.91. The summed E-state index contributed by atoms with van der Waals surface area (Å²) in [5.74, 6) is 0.383. The van der Waals surface area contributed by atoms with Crippen LogP contribution >= 0.6 is 11.3 Å². The first-order valence-electron chi connectivity index (χ1n) is 7.53. The van der Waals surface area contributed by atoms with Crippen molar-refractivity contribution in [3.63, 3.8) is 0 Å². The predicted octanol–water partition coefficient (Wildman–Crippen LogP) is 4.23. The minimum absolute atomic E-state index is 0.0291. The Bertz CT molecular complexity index is 742. The lowest BCUT2D eigenvalue weighted by atomic mass is 10.1. The standard InChI is InChI=1S/C18H18N2OS/c1-3-13-11(2)22-18(16(13)10-19)20-17(21)15-9-14(15)12-7-5-4-6-8-12/h4-8,14-15H,3,9H2,1-2H3,(H,20,21)/t14-,15+/m1/s1. The van der Waals surface area contributed by atoms with Gasteiger partial charge in [0.1, 0.15) is 11.1 Å². The Labute approximate surface area is 134 Å². The van der Waals surface area contributed by atoms with Crippen molar-refractivity contribution in [2.24, 2.45) is 5.92 Å². The maximum Gasteiger partial charge on any atom is 0.228 e. The molecule has 1 fully saturated rings. The number of hydrogen-bond donors (Lipinski definition) is 1. The number of thiophene rings is 1. The average Bonchev–Trinajstić information content (AvgIpc) is 3.27. The first-order chi connectivity index (χ1) is 10.7. The van der Waals surface area contributed by atoms with Gasteiger partial charge in [0, 0.05) is 10.8 Å². The molecule has 4 heteroatoms. The second kappa shape index (κ2) is 5.94. The van der Waals surface area contributed by atoms with E-state index in [1.807, 2.05) is 32.0 Å². The lowest BCUT2D eigenvalue weighted by Crippen LogP contribution is -2.14. The van der Waals surface area contributed by atoms with Gasteiger partial charge in [0.05, 0.1) is 5.56 Å². The van der Waals surface area contributed by atoms with Gasteiger partial charge in [-0.1, -0.05) is 37.3 Å². The van der Waals surface area contributed by atoms with Crippen molar-refractivity contribution < 1.29 is 4.79 Å². The molecule has 0 unspecified atom stereocenters. The molecule has 3 rings (SSSR count). The van der Waals surface area contributed by atoms with Crippen molar-refractivity contribution in [3.05, 3.63) is 51.9 Å². The van der Waals surface area contributed by atoms with Gasteiger partial charge in [-0.3, -0.25) is 4.79 Å². The number of amides is 1. The number of hydrogen-bond acceptors (Lipinski definition) is 3. The molecule has 1 aliphatic carbocycles. The SMILES string of the molecule is CCc1c(C)sc(NC(=O)[C@H]2C[C@@H]2c2ccccc2)c1C#N. The third-order valence-corrected chi connectivity index (χ3v) is 5.33. The molecule has 1 aromatic carbocycles. The Morgan fingerprint density at radius 3 is 2.77 bits per heavy atom. The van der Waals surface area contributed by atoms with Gasteiger partial charge in [-0.2, -0.15) is 5.26 Å². The molecule has 0 radical (unpaired) electrons. The molecule has 2 atom stereocenters. The van der Waals surface area contributed by atoms with Gasteiger partial charge in [-0.15, -0.1) is 11.3 Å². The molecule has 0 bridgehead atoms. The highest BCUT2D eigenvalue weighted by Gasteiger charge is 2.44. The van der Waals surface area contributed by atoms with Crippen LogP contribution in [-0.4, -0.2) is 5.91 Å². The molecular weight excluding hydrogens is 292 g/mol. The van der Waals surface area contributed by atoms with Crippen LogP contribution in [0.3, 0.4) is 0 Å². The van der Waals surface area contributed by atoms with Crippen LogP contribution in [-0.2, 0) is 11.2 Å². The second-order valence-electron chi connectivity index (χ2n) is 5.65. The molecule has 0 aliphatic heterocycles. The monoisotopic (exact) mass is 310 g/mol. The van der Waals surface area contributed by atoms with Crippen molar-refractivity contribution in [1.29, 1.82) is 5.26 Å². The second-order valence-corrected chi connectivity index (χ2v) is 6.88. The number of anilines is 1. The minimum Gasteiger partial charge on any atom is -0.316 e. The number of aryl methyl sites for hydroxylation is 1. The molecule has 1 saturated carbocycles. The number of benzene rings is 1. The Morgan fingerprint density at radius 2 is 2.14 bits per heavy atom. The molecule has 22 heavy (non-hydrogen) atoms. The average molecular weight is 310 g/mol. The van der Waals surface area contributed by atoms with Crippen LogP contribution in [0.5, 0.6) is 0 Å². The van der Waals surface area contributed by atoms with Gasteiger partial charge in [-0.05, 0) is 36.8 Å². The predicted molar refractivity (Wildman–Crippen MR) is 89.1 cm³/mol. The maximum absolute atomic E-state index is 12.4. The molecule has 1 aliphatic rings. The van der Waals surface area contributed by atoms with E-state index in [9.17, 15) is 10.1 Å². The first kappa shape index (κ1) is 14.8. The fraction of sp³-hybridized carbons (Fsp3) is 0.333. The van der Waals surface area contributed by atoms with E-state index in [4.69, 9.17) is 0 Å². The molecular formula is C18H18N2OS. The van der Waals surface area contributed by atoms with E-state index in [-0.39, 0.29) is 11.8 Å². The van der Waals surface area contributed by atoms with Gasteiger partial charge in [0.15, 0.2) is 0 Å². The van der Waals surface area contributed by atoms with Crippen LogP contribution in [0.2, 0.25) is 0 Å². The zero-order valence-corrected chi connectivity index (χ0v) is 13.5. The van der Waals surface area contributed by atoms with E-state index in [0.29, 0.717) is 16.5 Å². The van der Waals surface area contributed by atoms with Crippen molar-refractivity contribution in [1.82, 2.24) is 0 Å². The van der Waals surface area contributed by atoms with E-state index < -0.39 is 0 Å². The third kappa shape index (κ3) is 2.65. The van der Waals surface area contributed by atoms with Gasteiger partial charge in [0.2, 0.25) is 5.91 Å². The lowest BCUT2D eigenvalue weighted by Gasteiger charge is -2.03. The molecule has 112 valence electrons. The Kier molecular flexibility index (Phi) is 4.00. The van der Waals surface area contributed by atoms with E-state index >= 15 is 0 Å². The van der Waals surface area contributed by atoms with Crippen molar-refractivity contribution in [3.8, 4) is 6.07 Å². The Balaban J connectivity index is 1.73. The number of nitriles is 1. The van der Waals surface area contributed by atoms with E-state index in [0.717, 1.165) is 23.3 Å². The summed E-state index contributed by atoms with van der Waals surface area (Å²) in [7, 11) is 0. The van der Waals surface area contributed by atoms with Crippen LogP contribution in [0.4, 0.5) is 5.00 Å². The highest BCUT2D eigenvalue weighted by atomic mass is 32.1. The largest absolute Gasteiger partial charge is 0.316 e. The fourth-order valence-electron chi connectivity index (χ4n) is 2.97. The molecule has 1 heterocycles. The zero-order valence-electron chi connectivity index (χ0n) is 12.7. The summed E-state index contributed by atoms with van der Waals surface area (Å²) in [4.78, 5) is 13.5. The number of carbonyl (C=O) groups is 1.